The Morgan fingerprint density at radius 3 is 2.25 bits per heavy atom. The molecule has 0 heterocycles. The lowest BCUT2D eigenvalue weighted by molar-refractivity contribution is -0.122. The Balaban J connectivity index is 1.92. The summed E-state index contributed by atoms with van der Waals surface area (Å²) in [5.74, 6) is -0.0996. The van der Waals surface area contributed by atoms with E-state index < -0.39 is 0 Å². The molecule has 0 radical (unpaired) electrons. The first kappa shape index (κ1) is 23.8. The van der Waals surface area contributed by atoms with Crippen molar-refractivity contribution < 1.29 is 14.0 Å². The molecule has 1 atom stereocenters. The predicted molar refractivity (Wildman–Crippen MR) is 127 cm³/mol. The maximum Gasteiger partial charge on any atom is 0.254 e. The minimum atomic E-state index is -0.366. The van der Waals surface area contributed by atoms with Crippen molar-refractivity contribution in [1.82, 2.24) is 4.90 Å². The number of amides is 2. The van der Waals surface area contributed by atoms with E-state index in [1.807, 2.05) is 49.0 Å². The Kier molecular flexibility index (Phi) is 7.54. The van der Waals surface area contributed by atoms with Gasteiger partial charge in [-0.2, -0.15) is 0 Å². The first-order valence-corrected chi connectivity index (χ1v) is 11.3. The van der Waals surface area contributed by atoms with Crippen molar-refractivity contribution in [3.05, 3.63) is 59.4 Å². The van der Waals surface area contributed by atoms with Crippen LogP contribution < -0.4 is 10.2 Å². The lowest BCUT2D eigenvalue weighted by Crippen LogP contribution is -2.41. The fraction of sp³-hybridized carbons (Fsp3) is 0.462. The number of nitrogens with zero attached hydrogens (tertiary/aromatic N) is 2. The summed E-state index contributed by atoms with van der Waals surface area (Å²) in [6.45, 7) is 6.58. The lowest BCUT2D eigenvalue weighted by Gasteiger charge is -2.33. The number of rotatable bonds is 8. The second-order valence-corrected chi connectivity index (χ2v) is 9.28. The average molecular weight is 440 g/mol. The van der Waals surface area contributed by atoms with Crippen LogP contribution >= 0.6 is 0 Å². The number of anilines is 2. The predicted octanol–water partition coefficient (Wildman–Crippen LogP) is 5.32. The highest BCUT2D eigenvalue weighted by atomic mass is 19.1. The van der Waals surface area contributed by atoms with Crippen molar-refractivity contribution in [3.63, 3.8) is 0 Å². The van der Waals surface area contributed by atoms with Gasteiger partial charge in [0, 0.05) is 49.5 Å². The molecule has 32 heavy (non-hydrogen) atoms. The van der Waals surface area contributed by atoms with Crippen molar-refractivity contribution in [3.8, 4) is 0 Å². The third kappa shape index (κ3) is 5.47. The van der Waals surface area contributed by atoms with E-state index in [4.69, 9.17) is 0 Å². The van der Waals surface area contributed by atoms with Gasteiger partial charge in [0.1, 0.15) is 5.82 Å². The zero-order valence-corrected chi connectivity index (χ0v) is 19.7. The third-order valence-electron chi connectivity index (χ3n) is 6.45. The molecule has 2 amide bonds. The summed E-state index contributed by atoms with van der Waals surface area (Å²) >= 11 is 0. The van der Waals surface area contributed by atoms with Crippen LogP contribution in [0.4, 0.5) is 15.8 Å². The first-order chi connectivity index (χ1) is 15.2. The molecule has 0 unspecified atom stereocenters. The van der Waals surface area contributed by atoms with Crippen molar-refractivity contribution in [2.75, 3.05) is 24.3 Å². The molecule has 172 valence electrons. The van der Waals surface area contributed by atoms with Crippen molar-refractivity contribution in [2.45, 2.75) is 52.6 Å². The Labute approximate surface area is 190 Å². The molecule has 2 aromatic carbocycles. The fourth-order valence-corrected chi connectivity index (χ4v) is 3.84. The fourth-order valence-electron chi connectivity index (χ4n) is 3.84. The number of benzene rings is 2. The Hall–Kier alpha value is -2.89. The molecule has 3 rings (SSSR count). The number of nitrogens with one attached hydrogen (secondary N) is 1. The molecule has 1 saturated carbocycles. The van der Waals surface area contributed by atoms with Crippen molar-refractivity contribution >= 4 is 23.2 Å². The molecule has 1 aliphatic rings. The van der Waals surface area contributed by atoms with Gasteiger partial charge in [0.25, 0.3) is 5.91 Å². The van der Waals surface area contributed by atoms with E-state index >= 15 is 0 Å². The summed E-state index contributed by atoms with van der Waals surface area (Å²) in [5, 5.41) is 3.04. The van der Waals surface area contributed by atoms with Crippen LogP contribution in [0.2, 0.25) is 0 Å². The Bertz CT molecular complexity index is 952. The SMILES string of the molecule is CC(C)[C@H](C)N(Cc1cc(NC(=O)C2CCC2)ccc1N(C)C)C(=O)c1ccc(F)cc1. The van der Waals surface area contributed by atoms with E-state index in [9.17, 15) is 14.0 Å². The molecule has 5 nitrogen and oxygen atoms in total. The zero-order chi connectivity index (χ0) is 23.4. The number of hydrogen-bond acceptors (Lipinski definition) is 3. The highest BCUT2D eigenvalue weighted by Crippen LogP contribution is 2.30. The maximum absolute atomic E-state index is 13.4. The summed E-state index contributed by atoms with van der Waals surface area (Å²) < 4.78 is 13.4. The molecule has 1 N–H and O–H groups in total. The minimum Gasteiger partial charge on any atom is -0.377 e. The van der Waals surface area contributed by atoms with Crippen LogP contribution in [0.25, 0.3) is 0 Å². The summed E-state index contributed by atoms with van der Waals surface area (Å²) in [6.07, 6.45) is 3.00. The summed E-state index contributed by atoms with van der Waals surface area (Å²) in [4.78, 5) is 29.7. The van der Waals surface area contributed by atoms with Gasteiger partial charge in [-0.1, -0.05) is 20.3 Å². The van der Waals surface area contributed by atoms with Gasteiger partial charge in [0.15, 0.2) is 0 Å². The van der Waals surface area contributed by atoms with E-state index in [2.05, 4.69) is 19.2 Å². The smallest absolute Gasteiger partial charge is 0.254 e. The highest BCUT2D eigenvalue weighted by Gasteiger charge is 2.27. The van der Waals surface area contributed by atoms with Crippen molar-refractivity contribution in [1.29, 1.82) is 0 Å². The Morgan fingerprint density at radius 1 is 1.06 bits per heavy atom. The van der Waals surface area contributed by atoms with Gasteiger partial charge in [-0.25, -0.2) is 4.39 Å². The molecule has 6 heteroatoms. The quantitative estimate of drug-likeness (QED) is 0.606. The first-order valence-electron chi connectivity index (χ1n) is 11.3. The normalized spacial score (nSPS) is 14.6. The lowest BCUT2D eigenvalue weighted by atomic mass is 9.85. The zero-order valence-electron chi connectivity index (χ0n) is 19.7. The number of hydrogen-bond donors (Lipinski definition) is 1. The second-order valence-electron chi connectivity index (χ2n) is 9.28. The summed E-state index contributed by atoms with van der Waals surface area (Å²) in [7, 11) is 3.92. The molecule has 0 aromatic heterocycles. The van der Waals surface area contributed by atoms with Gasteiger partial charge >= 0.3 is 0 Å². The largest absolute Gasteiger partial charge is 0.377 e. The van der Waals surface area contributed by atoms with Gasteiger partial charge in [0.2, 0.25) is 5.91 Å². The van der Waals surface area contributed by atoms with Crippen LogP contribution in [0.1, 0.15) is 56.0 Å². The van der Waals surface area contributed by atoms with Crippen molar-refractivity contribution in [2.24, 2.45) is 11.8 Å². The van der Waals surface area contributed by atoms with Gasteiger partial charge in [-0.15, -0.1) is 0 Å². The Morgan fingerprint density at radius 2 is 1.72 bits per heavy atom. The van der Waals surface area contributed by atoms with E-state index in [0.717, 1.165) is 36.2 Å². The van der Waals surface area contributed by atoms with Gasteiger partial charge < -0.3 is 15.1 Å². The van der Waals surface area contributed by atoms with Crippen LogP contribution in [0.15, 0.2) is 42.5 Å². The van der Waals surface area contributed by atoms with Crippen LogP contribution in [0.3, 0.4) is 0 Å². The van der Waals surface area contributed by atoms with Crippen LogP contribution in [0, 0.1) is 17.7 Å². The van der Waals surface area contributed by atoms with Gasteiger partial charge in [-0.3, -0.25) is 9.59 Å². The molecule has 0 spiro atoms. The maximum atomic E-state index is 13.4. The number of carbonyl (C=O) groups is 2. The van der Waals surface area contributed by atoms with Gasteiger partial charge in [-0.05, 0) is 73.7 Å². The average Bonchev–Trinajstić information content (AvgIpc) is 2.70. The molecule has 0 bridgehead atoms. The summed E-state index contributed by atoms with van der Waals surface area (Å²) in [5.41, 5.74) is 3.14. The van der Waals surface area contributed by atoms with E-state index in [0.29, 0.717) is 12.1 Å². The monoisotopic (exact) mass is 439 g/mol. The van der Waals surface area contributed by atoms with E-state index in [-0.39, 0.29) is 35.5 Å². The van der Waals surface area contributed by atoms with E-state index in [1.54, 1.807) is 0 Å². The highest BCUT2D eigenvalue weighted by molar-refractivity contribution is 5.95. The van der Waals surface area contributed by atoms with Crippen LogP contribution in [0.5, 0.6) is 0 Å². The molecule has 1 fully saturated rings. The molecular weight excluding hydrogens is 405 g/mol. The number of halogens is 1. The topological polar surface area (TPSA) is 52.7 Å². The molecule has 0 aliphatic heterocycles. The molecule has 2 aromatic rings. The molecule has 1 aliphatic carbocycles. The van der Waals surface area contributed by atoms with Crippen LogP contribution in [-0.2, 0) is 11.3 Å². The summed E-state index contributed by atoms with van der Waals surface area (Å²) in [6, 6.07) is 11.5. The van der Waals surface area contributed by atoms with Gasteiger partial charge in [0.05, 0.1) is 0 Å². The van der Waals surface area contributed by atoms with E-state index in [1.165, 1.54) is 24.3 Å². The molecule has 0 saturated heterocycles. The third-order valence-corrected chi connectivity index (χ3v) is 6.45. The second kappa shape index (κ2) is 10.2. The molecular formula is C26H34FN3O2. The standard InChI is InChI=1S/C26H34FN3O2/c1-17(2)18(3)30(26(32)20-9-11-22(27)12-10-20)16-21-15-23(13-14-24(21)29(4)5)28-25(31)19-7-6-8-19/h9-15,17-19H,6-8,16H2,1-5H3,(H,28,31)/t18-/m0/s1. The van der Waals surface area contributed by atoms with Crippen LogP contribution in [-0.4, -0.2) is 36.9 Å². The number of carbonyl (C=O) groups excluding carboxylic acids is 2. The minimum absolute atomic E-state index is 0.0317.